The van der Waals surface area contributed by atoms with Crippen LogP contribution in [0.15, 0.2) is 81.6 Å². The van der Waals surface area contributed by atoms with Crippen LogP contribution in [0, 0.1) is 29.6 Å². The zero-order chi connectivity index (χ0) is 22.2. The van der Waals surface area contributed by atoms with Gasteiger partial charge in [-0.15, -0.1) is 0 Å². The Balaban J connectivity index is 0.000000135. The van der Waals surface area contributed by atoms with E-state index in [2.05, 4.69) is 12.1 Å². The molecule has 4 nitrogen and oxygen atoms in total. The molecule has 0 unspecified atom stereocenters. The zero-order valence-corrected chi connectivity index (χ0v) is 17.8. The number of aryl methyl sites for hydroxylation is 1. The Labute approximate surface area is 188 Å². The fourth-order valence-corrected chi connectivity index (χ4v) is 4.14. The lowest BCUT2D eigenvalue weighted by atomic mass is 10.1. The molecule has 0 saturated heterocycles. The Kier molecular flexibility index (Phi) is 4.79. The second-order valence-corrected chi connectivity index (χ2v) is 7.77. The summed E-state index contributed by atoms with van der Waals surface area (Å²) in [7, 11) is 0. The summed E-state index contributed by atoms with van der Waals surface area (Å²) >= 11 is 6.05. The third-order valence-electron chi connectivity index (χ3n) is 5.44. The predicted octanol–water partition coefficient (Wildman–Crippen LogP) is 7.88. The van der Waals surface area contributed by atoms with E-state index in [-0.39, 0.29) is 0 Å². The van der Waals surface area contributed by atoms with Crippen molar-refractivity contribution in [2.24, 2.45) is 0 Å². The van der Waals surface area contributed by atoms with Crippen LogP contribution in [0.2, 0.25) is 5.02 Å². The zero-order valence-electron chi connectivity index (χ0n) is 17.0. The van der Waals surface area contributed by atoms with Crippen LogP contribution in [0.5, 0.6) is 0 Å². The number of para-hydroxylation sites is 4. The highest BCUT2D eigenvalue weighted by atomic mass is 35.5. The van der Waals surface area contributed by atoms with E-state index >= 15 is 0 Å². The second-order valence-electron chi connectivity index (χ2n) is 7.36. The van der Waals surface area contributed by atoms with Crippen LogP contribution < -0.4 is 0 Å². The molecule has 152 valence electrons. The maximum absolute atomic E-state index is 9.02. The van der Waals surface area contributed by atoms with Crippen molar-refractivity contribution < 1.29 is 8.83 Å². The van der Waals surface area contributed by atoms with Crippen molar-refractivity contribution in [3.63, 3.8) is 0 Å². The molecule has 0 fully saturated rings. The SMILES string of the molecule is Cc1cccc2c1oc1c(C#N)cccc12.N#Cc1cccc2c1oc1c(Cl)cccc12. The minimum atomic E-state index is 0.532. The molecule has 0 aliphatic rings. The summed E-state index contributed by atoms with van der Waals surface area (Å²) in [6, 6.07) is 27.1. The highest BCUT2D eigenvalue weighted by molar-refractivity contribution is 6.35. The number of halogens is 1. The van der Waals surface area contributed by atoms with Crippen LogP contribution in [0.1, 0.15) is 16.7 Å². The summed E-state index contributed by atoms with van der Waals surface area (Å²) < 4.78 is 11.4. The van der Waals surface area contributed by atoms with E-state index in [1.54, 1.807) is 18.2 Å². The molecule has 0 saturated carbocycles. The highest BCUT2D eigenvalue weighted by Crippen LogP contribution is 2.34. The number of furan rings is 2. The highest BCUT2D eigenvalue weighted by Gasteiger charge is 2.12. The summed E-state index contributed by atoms with van der Waals surface area (Å²) in [5.74, 6) is 0. The molecule has 2 aromatic heterocycles. The fourth-order valence-electron chi connectivity index (χ4n) is 3.92. The monoisotopic (exact) mass is 434 g/mol. The summed E-state index contributed by atoms with van der Waals surface area (Å²) in [6.07, 6.45) is 0. The predicted molar refractivity (Wildman–Crippen MR) is 127 cm³/mol. The van der Waals surface area contributed by atoms with Crippen molar-refractivity contribution in [3.8, 4) is 12.1 Å². The molecule has 2 heterocycles. The van der Waals surface area contributed by atoms with Gasteiger partial charge in [0.05, 0.1) is 16.1 Å². The van der Waals surface area contributed by atoms with Gasteiger partial charge < -0.3 is 8.83 Å². The van der Waals surface area contributed by atoms with Crippen molar-refractivity contribution in [2.45, 2.75) is 6.92 Å². The maximum Gasteiger partial charge on any atom is 0.154 e. The van der Waals surface area contributed by atoms with E-state index in [1.165, 1.54) is 0 Å². The van der Waals surface area contributed by atoms with Crippen molar-refractivity contribution in [1.29, 1.82) is 10.5 Å². The normalized spacial score (nSPS) is 10.8. The Hall–Kier alpha value is -4.25. The Morgan fingerprint density at radius 1 is 0.594 bits per heavy atom. The molecule has 0 bridgehead atoms. The molecule has 6 rings (SSSR count). The molecule has 0 aliphatic heterocycles. The first-order valence-corrected chi connectivity index (χ1v) is 10.3. The van der Waals surface area contributed by atoms with Crippen molar-refractivity contribution in [3.05, 3.63) is 94.5 Å². The van der Waals surface area contributed by atoms with E-state index in [4.69, 9.17) is 31.0 Å². The Morgan fingerprint density at radius 2 is 1.03 bits per heavy atom. The van der Waals surface area contributed by atoms with Crippen molar-refractivity contribution in [1.82, 2.24) is 0 Å². The molecule has 0 spiro atoms. The first kappa shape index (κ1) is 19.7. The molecule has 6 aromatic rings. The molecule has 0 aliphatic carbocycles. The smallest absolute Gasteiger partial charge is 0.154 e. The molecule has 4 aromatic carbocycles. The van der Waals surface area contributed by atoms with Gasteiger partial charge in [-0.25, -0.2) is 0 Å². The van der Waals surface area contributed by atoms with Gasteiger partial charge in [0, 0.05) is 21.5 Å². The largest absolute Gasteiger partial charge is 0.454 e. The second kappa shape index (κ2) is 7.78. The lowest BCUT2D eigenvalue weighted by Crippen LogP contribution is -1.73. The quantitative estimate of drug-likeness (QED) is 0.243. The summed E-state index contributed by atoms with van der Waals surface area (Å²) in [5.41, 5.74) is 5.03. The van der Waals surface area contributed by atoms with Gasteiger partial charge in [-0.2, -0.15) is 10.5 Å². The molecule has 0 amide bonds. The molecular formula is C27H15ClN2O2. The van der Waals surface area contributed by atoms with Crippen LogP contribution >= 0.6 is 11.6 Å². The molecular weight excluding hydrogens is 420 g/mol. The number of nitrogens with zero attached hydrogens (tertiary/aromatic N) is 2. The molecule has 0 radical (unpaired) electrons. The van der Waals surface area contributed by atoms with Crippen LogP contribution in [0.25, 0.3) is 43.9 Å². The summed E-state index contributed by atoms with van der Waals surface area (Å²) in [4.78, 5) is 0. The van der Waals surface area contributed by atoms with E-state index < -0.39 is 0 Å². The van der Waals surface area contributed by atoms with Crippen LogP contribution in [-0.4, -0.2) is 0 Å². The molecule has 5 heteroatoms. The Morgan fingerprint density at radius 3 is 1.59 bits per heavy atom. The van der Waals surface area contributed by atoms with Crippen LogP contribution in [0.3, 0.4) is 0 Å². The third-order valence-corrected chi connectivity index (χ3v) is 5.74. The number of fused-ring (bicyclic) bond motifs is 6. The first-order valence-electron chi connectivity index (χ1n) is 9.93. The van der Waals surface area contributed by atoms with Gasteiger partial charge in [0.15, 0.2) is 16.7 Å². The van der Waals surface area contributed by atoms with Gasteiger partial charge in [0.2, 0.25) is 0 Å². The standard InChI is InChI=1S/C14H9NO.C13H6ClNO/c1-9-4-2-6-11-12-7-3-5-10(8-15)14(12)16-13(9)11;14-11-6-2-5-10-9-4-1-3-8(7-15)12(9)16-13(10)11/h2-7H,1H3;1-6H. The fraction of sp³-hybridized carbons (Fsp3) is 0.0370. The van der Waals surface area contributed by atoms with Gasteiger partial charge >= 0.3 is 0 Å². The average Bonchev–Trinajstić information content (AvgIpc) is 3.40. The summed E-state index contributed by atoms with van der Waals surface area (Å²) in [5, 5.41) is 22.5. The number of nitriles is 2. The first-order chi connectivity index (χ1) is 15.6. The number of benzene rings is 4. The topological polar surface area (TPSA) is 73.9 Å². The molecule has 32 heavy (non-hydrogen) atoms. The van der Waals surface area contributed by atoms with E-state index in [1.807, 2.05) is 61.5 Å². The van der Waals surface area contributed by atoms with Gasteiger partial charge in [0.1, 0.15) is 17.7 Å². The minimum absolute atomic E-state index is 0.532. The average molecular weight is 435 g/mol. The Bertz CT molecular complexity index is 1600. The van der Waals surface area contributed by atoms with Crippen LogP contribution in [-0.2, 0) is 0 Å². The lowest BCUT2D eigenvalue weighted by molar-refractivity contribution is 0.664. The van der Waals surface area contributed by atoms with Crippen molar-refractivity contribution >= 4 is 55.5 Å². The van der Waals surface area contributed by atoms with Gasteiger partial charge in [-0.05, 0) is 30.7 Å². The van der Waals surface area contributed by atoms with E-state index in [0.717, 1.165) is 32.7 Å². The lowest BCUT2D eigenvalue weighted by Gasteiger charge is -1.91. The van der Waals surface area contributed by atoms with E-state index in [0.29, 0.717) is 32.9 Å². The van der Waals surface area contributed by atoms with Crippen LogP contribution in [0.4, 0.5) is 0 Å². The minimum Gasteiger partial charge on any atom is -0.454 e. The summed E-state index contributed by atoms with van der Waals surface area (Å²) in [6.45, 7) is 2.01. The van der Waals surface area contributed by atoms with E-state index in [9.17, 15) is 0 Å². The maximum atomic E-state index is 9.02. The molecule has 0 atom stereocenters. The van der Waals surface area contributed by atoms with Gasteiger partial charge in [0.25, 0.3) is 0 Å². The number of hydrogen-bond donors (Lipinski definition) is 0. The third kappa shape index (κ3) is 3.06. The molecule has 0 N–H and O–H groups in total. The van der Waals surface area contributed by atoms with Gasteiger partial charge in [-0.1, -0.05) is 66.2 Å². The number of hydrogen-bond acceptors (Lipinski definition) is 4. The van der Waals surface area contributed by atoms with Gasteiger partial charge in [-0.3, -0.25) is 0 Å². The number of rotatable bonds is 0. The van der Waals surface area contributed by atoms with Crippen molar-refractivity contribution in [2.75, 3.05) is 0 Å².